The summed E-state index contributed by atoms with van der Waals surface area (Å²) in [5.74, 6) is -0.337. The van der Waals surface area contributed by atoms with Gasteiger partial charge in [-0.3, -0.25) is 0 Å². The molecule has 2 atom stereocenters. The van der Waals surface area contributed by atoms with E-state index in [0.29, 0.717) is 5.56 Å². The SMILES string of the molecule is CC1(C)CC([C@@H](O)c2ccccc2F)N1.Cl. The second kappa shape index (κ2) is 4.70. The molecule has 4 heteroatoms. The summed E-state index contributed by atoms with van der Waals surface area (Å²) in [7, 11) is 0. The Morgan fingerprint density at radius 3 is 2.50 bits per heavy atom. The molecule has 0 radical (unpaired) electrons. The zero-order valence-electron chi connectivity index (χ0n) is 9.40. The van der Waals surface area contributed by atoms with Crippen molar-refractivity contribution in [3.05, 3.63) is 35.6 Å². The van der Waals surface area contributed by atoms with E-state index >= 15 is 0 Å². The normalized spacial score (nSPS) is 24.1. The fourth-order valence-corrected chi connectivity index (χ4v) is 2.15. The van der Waals surface area contributed by atoms with E-state index in [1.54, 1.807) is 18.2 Å². The van der Waals surface area contributed by atoms with Crippen molar-refractivity contribution in [1.82, 2.24) is 5.32 Å². The first-order valence-electron chi connectivity index (χ1n) is 5.20. The van der Waals surface area contributed by atoms with Gasteiger partial charge in [-0.15, -0.1) is 12.4 Å². The van der Waals surface area contributed by atoms with Crippen LogP contribution in [-0.4, -0.2) is 16.7 Å². The highest BCUT2D eigenvalue weighted by Crippen LogP contribution is 2.32. The van der Waals surface area contributed by atoms with Crippen LogP contribution in [-0.2, 0) is 0 Å². The largest absolute Gasteiger partial charge is 0.387 e. The molecule has 1 aliphatic rings. The van der Waals surface area contributed by atoms with Crippen LogP contribution in [0.4, 0.5) is 4.39 Å². The van der Waals surface area contributed by atoms with Crippen molar-refractivity contribution in [3.63, 3.8) is 0 Å². The number of aliphatic hydroxyl groups excluding tert-OH is 1. The molecule has 1 aromatic rings. The topological polar surface area (TPSA) is 32.3 Å². The molecule has 0 aliphatic carbocycles. The predicted octanol–water partition coefficient (Wildman–Crippen LogP) is 2.42. The van der Waals surface area contributed by atoms with Crippen LogP contribution in [0.3, 0.4) is 0 Å². The number of aliphatic hydroxyl groups is 1. The van der Waals surface area contributed by atoms with Crippen molar-refractivity contribution in [1.29, 1.82) is 0 Å². The molecule has 16 heavy (non-hydrogen) atoms. The van der Waals surface area contributed by atoms with Gasteiger partial charge in [-0.05, 0) is 26.3 Å². The van der Waals surface area contributed by atoms with Crippen molar-refractivity contribution >= 4 is 12.4 Å². The third-order valence-corrected chi connectivity index (χ3v) is 2.91. The van der Waals surface area contributed by atoms with Crippen molar-refractivity contribution in [3.8, 4) is 0 Å². The molecular formula is C12H17ClFNO. The molecule has 0 saturated carbocycles. The molecule has 0 amide bonds. The predicted molar refractivity (Wildman–Crippen MR) is 64.2 cm³/mol. The van der Waals surface area contributed by atoms with E-state index < -0.39 is 6.10 Å². The maximum atomic E-state index is 13.4. The fraction of sp³-hybridized carbons (Fsp3) is 0.500. The number of nitrogens with one attached hydrogen (secondary N) is 1. The summed E-state index contributed by atoms with van der Waals surface area (Å²) < 4.78 is 13.4. The van der Waals surface area contributed by atoms with Gasteiger partial charge in [0, 0.05) is 17.1 Å². The third-order valence-electron chi connectivity index (χ3n) is 2.91. The van der Waals surface area contributed by atoms with Crippen LogP contribution < -0.4 is 5.32 Å². The lowest BCUT2D eigenvalue weighted by Crippen LogP contribution is -2.62. The lowest BCUT2D eigenvalue weighted by Gasteiger charge is -2.46. The van der Waals surface area contributed by atoms with Crippen LogP contribution in [0, 0.1) is 5.82 Å². The zero-order chi connectivity index (χ0) is 11.1. The summed E-state index contributed by atoms with van der Waals surface area (Å²) >= 11 is 0. The molecule has 1 aromatic carbocycles. The van der Waals surface area contributed by atoms with Gasteiger partial charge in [0.2, 0.25) is 0 Å². The van der Waals surface area contributed by atoms with Crippen molar-refractivity contribution in [2.45, 2.75) is 38.0 Å². The minimum Gasteiger partial charge on any atom is -0.387 e. The first-order valence-corrected chi connectivity index (χ1v) is 5.20. The molecule has 2 nitrogen and oxygen atoms in total. The zero-order valence-corrected chi connectivity index (χ0v) is 10.2. The Morgan fingerprint density at radius 1 is 1.44 bits per heavy atom. The average Bonchev–Trinajstić information content (AvgIpc) is 2.14. The van der Waals surface area contributed by atoms with Crippen LogP contribution >= 0.6 is 12.4 Å². The summed E-state index contributed by atoms with van der Waals surface area (Å²) in [4.78, 5) is 0. The lowest BCUT2D eigenvalue weighted by atomic mass is 9.80. The second-order valence-electron chi connectivity index (χ2n) is 4.81. The molecule has 1 heterocycles. The molecule has 2 rings (SSSR count). The molecule has 0 spiro atoms. The Morgan fingerprint density at radius 2 is 2.00 bits per heavy atom. The van der Waals surface area contributed by atoms with Crippen molar-refractivity contribution in [2.24, 2.45) is 0 Å². The molecule has 90 valence electrons. The van der Waals surface area contributed by atoms with Gasteiger partial charge in [-0.1, -0.05) is 18.2 Å². The Hall–Kier alpha value is -0.640. The van der Waals surface area contributed by atoms with Crippen molar-refractivity contribution < 1.29 is 9.50 Å². The van der Waals surface area contributed by atoms with Gasteiger partial charge < -0.3 is 10.4 Å². The van der Waals surface area contributed by atoms with E-state index in [1.807, 2.05) is 0 Å². The van der Waals surface area contributed by atoms with Gasteiger partial charge in [0.1, 0.15) is 5.82 Å². The van der Waals surface area contributed by atoms with Crippen LogP contribution in [0.1, 0.15) is 31.9 Å². The van der Waals surface area contributed by atoms with E-state index in [-0.39, 0.29) is 29.8 Å². The second-order valence-corrected chi connectivity index (χ2v) is 4.81. The van der Waals surface area contributed by atoms with Gasteiger partial charge in [0.25, 0.3) is 0 Å². The van der Waals surface area contributed by atoms with E-state index in [9.17, 15) is 9.50 Å². The molecule has 1 unspecified atom stereocenters. The van der Waals surface area contributed by atoms with Crippen LogP contribution in [0.2, 0.25) is 0 Å². The monoisotopic (exact) mass is 245 g/mol. The number of hydrogen-bond acceptors (Lipinski definition) is 2. The highest BCUT2D eigenvalue weighted by Gasteiger charge is 2.40. The molecule has 1 fully saturated rings. The van der Waals surface area contributed by atoms with Gasteiger partial charge in [0.05, 0.1) is 6.10 Å². The Kier molecular flexibility index (Phi) is 3.94. The number of halogens is 2. The van der Waals surface area contributed by atoms with Crippen LogP contribution in [0.25, 0.3) is 0 Å². The summed E-state index contributed by atoms with van der Waals surface area (Å²) in [6.07, 6.45) is 0.113. The quantitative estimate of drug-likeness (QED) is 0.839. The van der Waals surface area contributed by atoms with E-state index in [1.165, 1.54) is 6.07 Å². The maximum absolute atomic E-state index is 13.4. The molecule has 0 aromatic heterocycles. The Balaban J connectivity index is 0.00000128. The minimum atomic E-state index is -0.751. The average molecular weight is 246 g/mol. The fourth-order valence-electron chi connectivity index (χ4n) is 2.15. The number of hydrogen-bond donors (Lipinski definition) is 2. The van der Waals surface area contributed by atoms with Crippen LogP contribution in [0.5, 0.6) is 0 Å². The summed E-state index contributed by atoms with van der Waals surface area (Å²) in [5, 5.41) is 13.2. The van der Waals surface area contributed by atoms with Gasteiger partial charge >= 0.3 is 0 Å². The lowest BCUT2D eigenvalue weighted by molar-refractivity contribution is 0.0369. The van der Waals surface area contributed by atoms with Gasteiger partial charge in [-0.25, -0.2) is 4.39 Å². The van der Waals surface area contributed by atoms with Gasteiger partial charge in [0.15, 0.2) is 0 Å². The molecule has 0 bridgehead atoms. The van der Waals surface area contributed by atoms with E-state index in [2.05, 4.69) is 19.2 Å². The summed E-state index contributed by atoms with van der Waals surface area (Å²) in [6.45, 7) is 4.13. The third kappa shape index (κ3) is 2.54. The minimum absolute atomic E-state index is 0. The first-order chi connectivity index (χ1) is 6.99. The highest BCUT2D eigenvalue weighted by molar-refractivity contribution is 5.85. The molecule has 1 aliphatic heterocycles. The maximum Gasteiger partial charge on any atom is 0.129 e. The number of benzene rings is 1. The summed E-state index contributed by atoms with van der Waals surface area (Å²) in [6, 6.07) is 6.35. The Bertz CT molecular complexity index is 362. The number of rotatable bonds is 2. The van der Waals surface area contributed by atoms with Gasteiger partial charge in [-0.2, -0.15) is 0 Å². The van der Waals surface area contributed by atoms with E-state index in [4.69, 9.17) is 0 Å². The van der Waals surface area contributed by atoms with Crippen molar-refractivity contribution in [2.75, 3.05) is 0 Å². The van der Waals surface area contributed by atoms with Crippen LogP contribution in [0.15, 0.2) is 24.3 Å². The molecular weight excluding hydrogens is 229 g/mol. The first kappa shape index (κ1) is 13.4. The molecule has 1 saturated heterocycles. The van der Waals surface area contributed by atoms with E-state index in [0.717, 1.165) is 6.42 Å². The smallest absolute Gasteiger partial charge is 0.129 e. The highest BCUT2D eigenvalue weighted by atomic mass is 35.5. The Labute approximate surface area is 101 Å². The summed E-state index contributed by atoms with van der Waals surface area (Å²) in [5.41, 5.74) is 0.446. The standard InChI is InChI=1S/C12H16FNO.ClH/c1-12(2)7-10(14-12)11(15)8-5-3-4-6-9(8)13;/h3-6,10-11,14-15H,7H2,1-2H3;1H/t10?,11-;/m0./s1. The molecule has 2 N–H and O–H groups in total.